The molecule has 4 nitrogen and oxygen atoms in total. The first-order valence-electron chi connectivity index (χ1n) is 10.7. The Bertz CT molecular complexity index is 535. The van der Waals surface area contributed by atoms with Gasteiger partial charge in [-0.1, -0.05) is 76.8 Å². The molecule has 5 heteroatoms. The molecule has 27 heavy (non-hydrogen) atoms. The predicted octanol–water partition coefficient (Wildman–Crippen LogP) is 5.01. The van der Waals surface area contributed by atoms with Crippen LogP contribution in [0.5, 0.6) is 0 Å². The molecule has 0 saturated carbocycles. The first-order valence-corrected chi connectivity index (χ1v) is 11.8. The molecule has 1 saturated heterocycles. The fourth-order valence-corrected chi connectivity index (χ4v) is 4.68. The van der Waals surface area contributed by atoms with Crippen LogP contribution in [0.2, 0.25) is 0 Å². The Morgan fingerprint density at radius 2 is 1.63 bits per heavy atom. The van der Waals surface area contributed by atoms with E-state index in [0.717, 1.165) is 24.4 Å². The highest BCUT2D eigenvalue weighted by Crippen LogP contribution is 2.33. The first-order chi connectivity index (χ1) is 13.2. The fourth-order valence-electron chi connectivity index (χ4n) is 3.43. The molecule has 0 aliphatic carbocycles. The highest BCUT2D eigenvalue weighted by molar-refractivity contribution is 7.99. The van der Waals surface area contributed by atoms with E-state index in [4.69, 9.17) is 5.73 Å². The van der Waals surface area contributed by atoms with Crippen molar-refractivity contribution in [2.45, 2.75) is 82.5 Å². The van der Waals surface area contributed by atoms with Crippen LogP contribution in [0.15, 0.2) is 24.3 Å². The lowest BCUT2D eigenvalue weighted by molar-refractivity contribution is -0.122. The summed E-state index contributed by atoms with van der Waals surface area (Å²) in [6, 6.07) is 7.79. The van der Waals surface area contributed by atoms with E-state index in [2.05, 4.69) is 17.6 Å². The van der Waals surface area contributed by atoms with Crippen LogP contribution in [-0.4, -0.2) is 24.2 Å². The smallest absolute Gasteiger partial charge is 0.238 e. The van der Waals surface area contributed by atoms with Gasteiger partial charge in [0.2, 0.25) is 5.91 Å². The van der Waals surface area contributed by atoms with Gasteiger partial charge in [-0.25, -0.2) is 0 Å². The number of rotatable bonds is 13. The molecule has 1 aliphatic rings. The summed E-state index contributed by atoms with van der Waals surface area (Å²) in [5.74, 6) is 0.954. The monoisotopic (exact) mass is 391 g/mol. The fraction of sp³-hybridized carbons (Fsp3) is 0.682. The minimum absolute atomic E-state index is 0.0966. The summed E-state index contributed by atoms with van der Waals surface area (Å²) < 4.78 is 0. The van der Waals surface area contributed by atoms with E-state index in [9.17, 15) is 4.79 Å². The average molecular weight is 392 g/mol. The molecule has 1 fully saturated rings. The third-order valence-corrected chi connectivity index (χ3v) is 6.43. The molecule has 1 aliphatic heterocycles. The van der Waals surface area contributed by atoms with Gasteiger partial charge in [0.1, 0.15) is 0 Å². The molecule has 4 N–H and O–H groups in total. The van der Waals surface area contributed by atoms with Crippen molar-refractivity contribution in [2.75, 3.05) is 18.0 Å². The Hall–Kier alpha value is -1.20. The Labute approximate surface area is 169 Å². The molecule has 1 aromatic rings. The molecule has 2 atom stereocenters. The van der Waals surface area contributed by atoms with Crippen molar-refractivity contribution in [1.82, 2.24) is 10.6 Å². The lowest BCUT2D eigenvalue weighted by atomic mass is 10.1. The summed E-state index contributed by atoms with van der Waals surface area (Å²) in [7, 11) is 0. The molecule has 1 unspecified atom stereocenters. The van der Waals surface area contributed by atoms with Crippen molar-refractivity contribution in [3.63, 3.8) is 0 Å². The largest absolute Gasteiger partial charge is 0.399 e. The number of amides is 1. The highest BCUT2D eigenvalue weighted by atomic mass is 32.2. The van der Waals surface area contributed by atoms with E-state index < -0.39 is 0 Å². The van der Waals surface area contributed by atoms with Gasteiger partial charge in [0.05, 0.1) is 11.4 Å². The lowest BCUT2D eigenvalue weighted by Crippen LogP contribution is -2.42. The zero-order valence-electron chi connectivity index (χ0n) is 16.8. The van der Waals surface area contributed by atoms with Gasteiger partial charge in [0.25, 0.3) is 0 Å². The normalized spacial score (nSPS) is 19.3. The minimum atomic E-state index is -0.0966. The van der Waals surface area contributed by atoms with E-state index in [1.807, 2.05) is 24.3 Å². The maximum absolute atomic E-state index is 12.3. The lowest BCUT2D eigenvalue weighted by Gasteiger charge is -2.14. The van der Waals surface area contributed by atoms with Gasteiger partial charge in [-0.05, 0) is 24.1 Å². The summed E-state index contributed by atoms with van der Waals surface area (Å²) in [6.07, 6.45) is 13.2. The second kappa shape index (κ2) is 13.1. The molecular formula is C22H37N3OS. The number of unbranched alkanes of at least 4 members (excludes halogenated alkanes) is 9. The molecule has 2 rings (SSSR count). The third kappa shape index (κ3) is 8.56. The second-order valence-corrected chi connectivity index (χ2v) is 8.71. The number of thioether (sulfide) groups is 1. The molecule has 0 spiro atoms. The average Bonchev–Trinajstić information content (AvgIpc) is 3.17. The maximum Gasteiger partial charge on any atom is 0.238 e. The van der Waals surface area contributed by atoms with E-state index in [0.29, 0.717) is 0 Å². The van der Waals surface area contributed by atoms with Gasteiger partial charge < -0.3 is 11.1 Å². The van der Waals surface area contributed by atoms with Crippen LogP contribution in [0.3, 0.4) is 0 Å². The summed E-state index contributed by atoms with van der Waals surface area (Å²) in [4.78, 5) is 12.3. The van der Waals surface area contributed by atoms with Gasteiger partial charge in [-0.2, -0.15) is 0 Å². The molecule has 152 valence electrons. The second-order valence-electron chi connectivity index (χ2n) is 7.57. The number of nitrogen functional groups attached to an aromatic ring is 1. The molecule has 1 amide bonds. The summed E-state index contributed by atoms with van der Waals surface area (Å²) >= 11 is 1.78. The number of anilines is 1. The Morgan fingerprint density at radius 3 is 2.26 bits per heavy atom. The van der Waals surface area contributed by atoms with Crippen molar-refractivity contribution in [3.05, 3.63) is 29.8 Å². The Morgan fingerprint density at radius 1 is 1.04 bits per heavy atom. The number of carbonyl (C=O) groups is 1. The van der Waals surface area contributed by atoms with Crippen molar-refractivity contribution >= 4 is 23.4 Å². The van der Waals surface area contributed by atoms with Gasteiger partial charge in [-0.3, -0.25) is 10.1 Å². The van der Waals surface area contributed by atoms with Crippen LogP contribution in [-0.2, 0) is 4.79 Å². The molecule has 0 radical (unpaired) electrons. The van der Waals surface area contributed by atoms with E-state index in [1.54, 1.807) is 11.8 Å². The van der Waals surface area contributed by atoms with E-state index in [1.165, 1.54) is 63.4 Å². The summed E-state index contributed by atoms with van der Waals surface area (Å²) in [5, 5.41) is 6.70. The third-order valence-electron chi connectivity index (χ3n) is 5.17. The molecule has 0 bridgehead atoms. The Balaban J connectivity index is 1.48. The van der Waals surface area contributed by atoms with Crippen molar-refractivity contribution in [1.29, 1.82) is 0 Å². The van der Waals surface area contributed by atoms with Crippen LogP contribution in [0.4, 0.5) is 5.69 Å². The SMILES string of the molecule is CCCCCCCCCCCCNC(=O)[C@@H]1CSC(c2ccc(N)cc2)N1. The Kier molecular flexibility index (Phi) is 10.7. The molecule has 0 aromatic heterocycles. The first kappa shape index (κ1) is 22.1. The topological polar surface area (TPSA) is 67.2 Å². The van der Waals surface area contributed by atoms with Crippen LogP contribution >= 0.6 is 11.8 Å². The van der Waals surface area contributed by atoms with Crippen LogP contribution in [0.1, 0.15) is 82.1 Å². The quantitative estimate of drug-likeness (QED) is 0.327. The summed E-state index contributed by atoms with van der Waals surface area (Å²) in [6.45, 7) is 3.06. The standard InChI is InChI=1S/C22H37N3OS/c1-2-3-4-5-6-7-8-9-10-11-16-24-21(26)20-17-27-22(25-20)18-12-14-19(23)15-13-18/h12-15,20,22,25H,2-11,16-17,23H2,1H3,(H,24,26)/t20-,22?/m0/s1. The van der Waals surface area contributed by atoms with E-state index in [-0.39, 0.29) is 17.3 Å². The maximum atomic E-state index is 12.3. The van der Waals surface area contributed by atoms with Crippen LogP contribution in [0.25, 0.3) is 0 Å². The number of hydrogen-bond donors (Lipinski definition) is 3. The highest BCUT2D eigenvalue weighted by Gasteiger charge is 2.30. The van der Waals surface area contributed by atoms with Crippen LogP contribution in [0, 0.1) is 0 Å². The molecule has 1 heterocycles. The van der Waals surface area contributed by atoms with E-state index >= 15 is 0 Å². The zero-order valence-corrected chi connectivity index (χ0v) is 17.7. The van der Waals surface area contributed by atoms with Gasteiger partial charge in [-0.15, -0.1) is 11.8 Å². The minimum Gasteiger partial charge on any atom is -0.399 e. The predicted molar refractivity (Wildman–Crippen MR) is 118 cm³/mol. The summed E-state index contributed by atoms with van der Waals surface area (Å²) in [5.41, 5.74) is 7.69. The number of carbonyl (C=O) groups excluding carboxylic acids is 1. The molecular weight excluding hydrogens is 354 g/mol. The number of hydrogen-bond acceptors (Lipinski definition) is 4. The van der Waals surface area contributed by atoms with Gasteiger partial charge in [0, 0.05) is 18.0 Å². The van der Waals surface area contributed by atoms with Crippen LogP contribution < -0.4 is 16.4 Å². The van der Waals surface area contributed by atoms with Crippen molar-refractivity contribution in [3.8, 4) is 0 Å². The zero-order chi connectivity index (χ0) is 19.3. The van der Waals surface area contributed by atoms with Crippen molar-refractivity contribution in [2.24, 2.45) is 0 Å². The van der Waals surface area contributed by atoms with Gasteiger partial charge in [0.15, 0.2) is 0 Å². The number of nitrogens with one attached hydrogen (secondary N) is 2. The van der Waals surface area contributed by atoms with Gasteiger partial charge >= 0.3 is 0 Å². The number of benzene rings is 1. The van der Waals surface area contributed by atoms with Crippen molar-refractivity contribution < 1.29 is 4.79 Å². The number of nitrogens with two attached hydrogens (primary N) is 1. The molecule has 1 aromatic carbocycles.